The number of fused-ring (bicyclic) bond motifs is 2. The van der Waals surface area contributed by atoms with Crippen molar-refractivity contribution in [1.82, 2.24) is 9.97 Å². The molecule has 4 nitrogen and oxygen atoms in total. The third kappa shape index (κ3) is 12.3. The second kappa shape index (κ2) is 21.8. The van der Waals surface area contributed by atoms with Crippen LogP contribution >= 0.6 is 0 Å². The number of aryl methyl sites for hydroxylation is 5. The number of pyridine rings is 2. The Morgan fingerprint density at radius 2 is 1.14 bits per heavy atom. The summed E-state index contributed by atoms with van der Waals surface area (Å²) in [6.07, 6.45) is 4.93. The zero-order valence-electron chi connectivity index (χ0n) is 39.0. The molecule has 56 heavy (non-hydrogen) atoms. The zero-order chi connectivity index (χ0) is 43.7. The summed E-state index contributed by atoms with van der Waals surface area (Å²) in [5.41, 5.74) is 9.89. The minimum atomic E-state index is 0. The molecule has 0 bridgehead atoms. The van der Waals surface area contributed by atoms with Crippen molar-refractivity contribution in [3.8, 4) is 22.5 Å². The van der Waals surface area contributed by atoms with Crippen LogP contribution in [0.3, 0.4) is 0 Å². The summed E-state index contributed by atoms with van der Waals surface area (Å²) in [6, 6.07) is 27.3. The van der Waals surface area contributed by atoms with Gasteiger partial charge in [-0.25, -0.2) is 0 Å². The third-order valence-electron chi connectivity index (χ3n) is 10.0. The van der Waals surface area contributed by atoms with Crippen LogP contribution < -0.4 is 0 Å². The summed E-state index contributed by atoms with van der Waals surface area (Å²) in [5.74, 6) is 0.934. The van der Waals surface area contributed by atoms with E-state index in [-0.39, 0.29) is 67.9 Å². The maximum atomic E-state index is 11.7. The zero-order valence-corrected chi connectivity index (χ0v) is 37.4. The van der Waals surface area contributed by atoms with E-state index in [1.165, 1.54) is 11.6 Å². The molecule has 0 spiro atoms. The standard InChI is InChI=1S/C20H20N.C18H16N.C13H24O2.Ir/c1-13(2)16-5-6-19-17(12-16)7-8-21-20(19)18-10-14(3)9-15(4)11-18;1-12-4-5-17-15(9-12)6-7-19-18(17)16-10-13(2)8-14(3)11-16;1-5-10(6-2)12(14)9-13(15)11(7-3)8-4;/h5-10,12-13H,1-4H3;4-10H,1-3H3;9-11,14H,5-8H2,1-4H3;/q2*-1;;/b;;12-9-;/i7D,8D;6D,7D;;. The fourth-order valence-electron chi connectivity index (χ4n) is 6.84. The molecule has 1 N–H and O–H groups in total. The Morgan fingerprint density at radius 3 is 1.59 bits per heavy atom. The van der Waals surface area contributed by atoms with Crippen LogP contribution in [0, 0.1) is 58.6 Å². The molecule has 0 saturated carbocycles. The maximum absolute atomic E-state index is 11.7. The average Bonchev–Trinajstić information content (AvgIpc) is 3.18. The molecule has 0 saturated heterocycles. The second-order valence-corrected chi connectivity index (χ2v) is 14.9. The third-order valence-corrected chi connectivity index (χ3v) is 10.0. The Hall–Kier alpha value is -4.44. The van der Waals surface area contributed by atoms with Crippen molar-refractivity contribution in [2.45, 2.75) is 108 Å². The Bertz CT molecular complexity index is 2430. The summed E-state index contributed by atoms with van der Waals surface area (Å²) in [7, 11) is 0. The number of hydrogen-bond donors (Lipinski definition) is 1. The second-order valence-electron chi connectivity index (χ2n) is 14.9. The van der Waals surface area contributed by atoms with Gasteiger partial charge in [-0.05, 0) is 89.1 Å². The molecule has 0 aliphatic heterocycles. The average molecular weight is 929 g/mol. The molecule has 0 fully saturated rings. The number of allylic oxidation sites excluding steroid dienone is 2. The predicted octanol–water partition coefficient (Wildman–Crippen LogP) is 13.9. The molecule has 297 valence electrons. The van der Waals surface area contributed by atoms with Crippen molar-refractivity contribution >= 4 is 27.3 Å². The number of nitrogens with zero attached hydrogens (tertiary/aromatic N) is 2. The first kappa shape index (κ1) is 39.8. The van der Waals surface area contributed by atoms with E-state index in [2.05, 4.69) is 54.1 Å². The summed E-state index contributed by atoms with van der Waals surface area (Å²) < 4.78 is 32.3. The number of benzene rings is 4. The Morgan fingerprint density at radius 1 is 0.679 bits per heavy atom. The number of aromatic nitrogens is 2. The van der Waals surface area contributed by atoms with Crippen LogP contribution in [0.25, 0.3) is 44.1 Å². The van der Waals surface area contributed by atoms with E-state index in [0.717, 1.165) is 97.6 Å². The van der Waals surface area contributed by atoms with Crippen molar-refractivity contribution in [3.63, 3.8) is 0 Å². The Kier molecular flexibility index (Phi) is 15.5. The smallest absolute Gasteiger partial charge is 0.162 e. The van der Waals surface area contributed by atoms with Crippen molar-refractivity contribution in [3.05, 3.63) is 142 Å². The Balaban J connectivity index is 0.000000244. The molecule has 0 aliphatic carbocycles. The molecule has 2 heterocycles. The van der Waals surface area contributed by atoms with E-state index in [0.29, 0.717) is 5.92 Å². The maximum Gasteiger partial charge on any atom is 0.162 e. The van der Waals surface area contributed by atoms with Crippen LogP contribution in [0.2, 0.25) is 0 Å². The van der Waals surface area contributed by atoms with E-state index >= 15 is 0 Å². The molecular weight excluding hydrogens is 865 g/mol. The minimum Gasteiger partial charge on any atom is -0.512 e. The summed E-state index contributed by atoms with van der Waals surface area (Å²) in [5, 5.41) is 13.1. The van der Waals surface area contributed by atoms with E-state index < -0.39 is 0 Å². The van der Waals surface area contributed by atoms with Gasteiger partial charge in [0.2, 0.25) is 0 Å². The van der Waals surface area contributed by atoms with Crippen molar-refractivity contribution < 1.29 is 35.5 Å². The number of ketones is 1. The van der Waals surface area contributed by atoms with E-state index in [4.69, 9.17) is 5.48 Å². The van der Waals surface area contributed by atoms with Gasteiger partial charge >= 0.3 is 0 Å². The number of rotatable bonds is 10. The van der Waals surface area contributed by atoms with E-state index in [1.807, 2.05) is 105 Å². The van der Waals surface area contributed by atoms with Crippen LogP contribution in [-0.4, -0.2) is 20.9 Å². The SMILES string of the molecule is CCC(CC)C(=O)/C=C(\O)C(CC)CC.[2H]c1nc(-c2[c-]c(C)cc(C)c2)c2ccc(C(C)C)cc2c1[2H].[2H]c1nc(-c2[c-]c(C)cc(C)c2)c2ccc(C)cc2c1[2H].[Ir]. The molecule has 1 radical (unpaired) electrons. The molecule has 6 aromatic rings. The molecule has 5 heteroatoms. The summed E-state index contributed by atoms with van der Waals surface area (Å²) in [6.45, 7) is 22.4. The van der Waals surface area contributed by atoms with Gasteiger partial charge in [-0.1, -0.05) is 111 Å². The summed E-state index contributed by atoms with van der Waals surface area (Å²) >= 11 is 0. The molecule has 0 unspecified atom stereocenters. The normalized spacial score (nSPS) is 12.3. The van der Waals surface area contributed by atoms with Gasteiger partial charge in [0.05, 0.1) is 11.2 Å². The van der Waals surface area contributed by atoms with Gasteiger partial charge in [0.1, 0.15) is 0 Å². The quantitative estimate of drug-likeness (QED) is 0.0845. The number of aliphatic hydroxyl groups excluding tert-OH is 1. The van der Waals surface area contributed by atoms with Gasteiger partial charge in [-0.2, -0.15) is 0 Å². The van der Waals surface area contributed by atoms with Crippen LogP contribution in [0.5, 0.6) is 0 Å². The Labute approximate surface area is 355 Å². The molecule has 4 aromatic carbocycles. The fourth-order valence-corrected chi connectivity index (χ4v) is 6.84. The number of aliphatic hydroxyl groups is 1. The van der Waals surface area contributed by atoms with Crippen LogP contribution in [-0.2, 0) is 24.9 Å². The van der Waals surface area contributed by atoms with E-state index in [9.17, 15) is 9.90 Å². The summed E-state index contributed by atoms with van der Waals surface area (Å²) in [4.78, 5) is 20.4. The first-order valence-electron chi connectivity index (χ1n) is 21.7. The molecule has 0 amide bonds. The van der Waals surface area contributed by atoms with E-state index in [1.54, 1.807) is 0 Å². The number of carbonyl (C=O) groups excluding carboxylic acids is 1. The number of carbonyl (C=O) groups is 1. The van der Waals surface area contributed by atoms with Crippen molar-refractivity contribution in [1.29, 1.82) is 0 Å². The van der Waals surface area contributed by atoms with Gasteiger partial charge in [0, 0.05) is 50.4 Å². The van der Waals surface area contributed by atoms with Gasteiger partial charge < -0.3 is 15.1 Å². The molecule has 0 aliphatic rings. The van der Waals surface area contributed by atoms with Gasteiger partial charge in [-0.15, -0.1) is 69.8 Å². The molecular formula is C51H60IrN2O2-2. The first-order valence-corrected chi connectivity index (χ1v) is 19.7. The van der Waals surface area contributed by atoms with Gasteiger partial charge in [-0.3, -0.25) is 4.79 Å². The predicted molar refractivity (Wildman–Crippen MR) is 234 cm³/mol. The van der Waals surface area contributed by atoms with Crippen LogP contribution in [0.15, 0.2) is 96.9 Å². The van der Waals surface area contributed by atoms with Gasteiger partial charge in [0.15, 0.2) is 5.78 Å². The van der Waals surface area contributed by atoms with Crippen molar-refractivity contribution in [2.75, 3.05) is 0 Å². The molecule has 6 rings (SSSR count). The first-order chi connectivity index (χ1) is 27.9. The fraction of sp³-hybridized carbons (Fsp3) is 0.353. The molecule has 0 atom stereocenters. The topological polar surface area (TPSA) is 63.1 Å². The van der Waals surface area contributed by atoms with Gasteiger partial charge in [0.25, 0.3) is 0 Å². The monoisotopic (exact) mass is 929 g/mol. The molecule has 2 aromatic heterocycles. The minimum absolute atomic E-state index is 0. The largest absolute Gasteiger partial charge is 0.512 e. The van der Waals surface area contributed by atoms with Crippen LogP contribution in [0.1, 0.15) is 112 Å². The van der Waals surface area contributed by atoms with Crippen LogP contribution in [0.4, 0.5) is 0 Å². The van der Waals surface area contributed by atoms with Crippen molar-refractivity contribution in [2.24, 2.45) is 11.8 Å². The number of hydrogen-bond acceptors (Lipinski definition) is 4.